The van der Waals surface area contributed by atoms with Crippen LogP contribution in [0.2, 0.25) is 0 Å². The fraction of sp³-hybridized carbons (Fsp3) is 0.364. The molecule has 0 saturated carbocycles. The largest absolute Gasteiger partial charge is 0.508 e. The average Bonchev–Trinajstić information content (AvgIpc) is 3.33. The molecule has 1 saturated heterocycles. The van der Waals surface area contributed by atoms with E-state index in [-0.39, 0.29) is 29.3 Å². The van der Waals surface area contributed by atoms with E-state index in [1.165, 1.54) is 36.3 Å². The predicted octanol–water partition coefficient (Wildman–Crippen LogP) is 0.988. The predicted molar refractivity (Wildman–Crippen MR) is 118 cm³/mol. The lowest BCUT2D eigenvalue weighted by Gasteiger charge is -2.31. The number of ketones is 1. The zero-order valence-corrected chi connectivity index (χ0v) is 19.0. The van der Waals surface area contributed by atoms with Crippen molar-refractivity contribution in [3.8, 4) is 5.75 Å². The maximum absolute atomic E-state index is 12.7. The highest BCUT2D eigenvalue weighted by molar-refractivity contribution is 5.88. The second-order valence-electron chi connectivity index (χ2n) is 7.96. The second kappa shape index (κ2) is 9.27. The lowest BCUT2D eigenvalue weighted by Crippen LogP contribution is -2.54. The van der Waals surface area contributed by atoms with Gasteiger partial charge in [0.05, 0.1) is 6.33 Å². The summed E-state index contributed by atoms with van der Waals surface area (Å²) in [4.78, 5) is 48.5. The van der Waals surface area contributed by atoms with Gasteiger partial charge in [-0.2, -0.15) is 0 Å². The monoisotopic (exact) mass is 485 g/mol. The number of carbonyl (C=O) groups excluding carboxylic acids is 3. The van der Waals surface area contributed by atoms with Crippen LogP contribution >= 0.6 is 0 Å². The molecule has 1 fully saturated rings. The van der Waals surface area contributed by atoms with Gasteiger partial charge in [0.15, 0.2) is 35.1 Å². The maximum atomic E-state index is 12.7. The van der Waals surface area contributed by atoms with E-state index in [2.05, 4.69) is 20.3 Å². The Bertz CT molecular complexity index is 1290. The topological polar surface area (TPSA) is 175 Å². The number of phenolic OH excluding ortho intramolecular Hbond substituents is 1. The summed E-state index contributed by atoms with van der Waals surface area (Å²) in [7, 11) is 0. The minimum absolute atomic E-state index is 0.0482. The van der Waals surface area contributed by atoms with Gasteiger partial charge >= 0.3 is 11.9 Å². The summed E-state index contributed by atoms with van der Waals surface area (Å²) in [6.07, 6.45) is -1.49. The Morgan fingerprint density at radius 3 is 2.60 bits per heavy atom. The molecule has 0 spiro atoms. The van der Waals surface area contributed by atoms with Crippen LogP contribution in [0.4, 0.5) is 11.5 Å². The zero-order valence-electron chi connectivity index (χ0n) is 19.0. The van der Waals surface area contributed by atoms with Crippen LogP contribution in [0.15, 0.2) is 36.9 Å². The Morgan fingerprint density at radius 2 is 1.94 bits per heavy atom. The van der Waals surface area contributed by atoms with Crippen LogP contribution in [0.3, 0.4) is 0 Å². The van der Waals surface area contributed by atoms with Crippen molar-refractivity contribution in [1.82, 2.24) is 19.5 Å². The first-order valence-electron chi connectivity index (χ1n) is 10.5. The molecule has 0 radical (unpaired) electrons. The van der Waals surface area contributed by atoms with Gasteiger partial charge in [-0.05, 0) is 19.1 Å². The molecule has 35 heavy (non-hydrogen) atoms. The van der Waals surface area contributed by atoms with Crippen molar-refractivity contribution in [2.45, 2.75) is 44.8 Å². The molecule has 3 N–H and O–H groups in total. The van der Waals surface area contributed by atoms with E-state index < -0.39 is 41.8 Å². The Kier molecular flexibility index (Phi) is 6.37. The van der Waals surface area contributed by atoms with Crippen molar-refractivity contribution < 1.29 is 38.8 Å². The molecule has 4 atom stereocenters. The highest BCUT2D eigenvalue weighted by Gasteiger charge is 2.62. The first-order valence-corrected chi connectivity index (χ1v) is 10.5. The van der Waals surface area contributed by atoms with E-state index in [0.717, 1.165) is 13.8 Å². The SMILES string of the molecule is CC(=O)OC[C@H]1O[C@@H](n2cnc3c(Nc4cccc(O)c4)ncnc32)[C@@](O)(C(C)=O)[C@@H]1OC(C)=O. The first-order chi connectivity index (χ1) is 16.6. The molecule has 0 unspecified atom stereocenters. The van der Waals surface area contributed by atoms with E-state index in [1.807, 2.05) is 0 Å². The summed E-state index contributed by atoms with van der Waals surface area (Å²) >= 11 is 0. The molecule has 2 aromatic heterocycles. The van der Waals surface area contributed by atoms with E-state index in [9.17, 15) is 24.6 Å². The average molecular weight is 485 g/mol. The standard InChI is InChI=1S/C22H23N5O8/c1-11(28)22(32)18(34-13(3)30)16(8-33-12(2)29)35-21(22)27-10-25-17-19(23-9-24-20(17)27)26-14-5-4-6-15(31)7-14/h4-7,9-10,16,18,21,31-32H,8H2,1-3H3,(H,23,24,26)/t16-,18-,21-,22-/m1/s1. The number of nitrogens with zero attached hydrogens (tertiary/aromatic N) is 4. The van der Waals surface area contributed by atoms with Crippen molar-refractivity contribution in [3.05, 3.63) is 36.9 Å². The summed E-state index contributed by atoms with van der Waals surface area (Å²) < 4.78 is 17.5. The van der Waals surface area contributed by atoms with E-state index in [1.54, 1.807) is 12.1 Å². The molecule has 0 amide bonds. The molecule has 1 aliphatic heterocycles. The summed E-state index contributed by atoms with van der Waals surface area (Å²) in [5.74, 6) is -1.78. The molecule has 1 aliphatic rings. The second-order valence-corrected chi connectivity index (χ2v) is 7.96. The number of ether oxygens (including phenoxy) is 3. The molecular weight excluding hydrogens is 462 g/mol. The van der Waals surface area contributed by atoms with Crippen molar-refractivity contribution in [2.24, 2.45) is 0 Å². The molecule has 13 heteroatoms. The number of aromatic hydroxyl groups is 1. The molecule has 13 nitrogen and oxygen atoms in total. The Balaban J connectivity index is 1.76. The van der Waals surface area contributed by atoms with Crippen molar-refractivity contribution in [1.29, 1.82) is 0 Å². The summed E-state index contributed by atoms with van der Waals surface area (Å²) in [5.41, 5.74) is -1.33. The lowest BCUT2D eigenvalue weighted by molar-refractivity contribution is -0.170. The van der Waals surface area contributed by atoms with Crippen LogP contribution in [0.5, 0.6) is 5.75 Å². The number of fused-ring (bicyclic) bond motifs is 1. The van der Waals surface area contributed by atoms with Crippen molar-refractivity contribution in [3.63, 3.8) is 0 Å². The quantitative estimate of drug-likeness (QED) is 0.405. The van der Waals surface area contributed by atoms with Crippen molar-refractivity contribution in [2.75, 3.05) is 11.9 Å². The van der Waals surface area contributed by atoms with Gasteiger partial charge in [0.2, 0.25) is 5.60 Å². The summed E-state index contributed by atoms with van der Waals surface area (Å²) in [6, 6.07) is 6.36. The molecule has 0 aliphatic carbocycles. The molecule has 4 rings (SSSR count). The molecule has 3 aromatic rings. The summed E-state index contributed by atoms with van der Waals surface area (Å²) in [6.45, 7) is 3.07. The van der Waals surface area contributed by atoms with Crippen LogP contribution in [0, 0.1) is 0 Å². The molecular formula is C22H23N5O8. The highest BCUT2D eigenvalue weighted by Crippen LogP contribution is 2.42. The minimum Gasteiger partial charge on any atom is -0.508 e. The van der Waals surface area contributed by atoms with Gasteiger partial charge in [0, 0.05) is 25.6 Å². The van der Waals surface area contributed by atoms with Gasteiger partial charge in [0.25, 0.3) is 0 Å². The number of aliphatic hydroxyl groups is 1. The summed E-state index contributed by atoms with van der Waals surface area (Å²) in [5, 5.41) is 24.3. The van der Waals surface area contributed by atoms with Gasteiger partial charge in [-0.1, -0.05) is 6.07 Å². The van der Waals surface area contributed by atoms with Crippen LogP contribution in [-0.4, -0.2) is 71.9 Å². The van der Waals surface area contributed by atoms with E-state index >= 15 is 0 Å². The normalized spacial score (nSPS) is 23.7. The molecule has 1 aromatic carbocycles. The first kappa shape index (κ1) is 24.0. The number of esters is 2. The van der Waals surface area contributed by atoms with Gasteiger partial charge in [-0.3, -0.25) is 19.0 Å². The number of anilines is 2. The Hall–Kier alpha value is -4.10. The third-order valence-corrected chi connectivity index (χ3v) is 5.48. The number of hydrogen-bond donors (Lipinski definition) is 3. The van der Waals surface area contributed by atoms with Gasteiger partial charge < -0.3 is 29.7 Å². The Morgan fingerprint density at radius 1 is 1.17 bits per heavy atom. The number of carbonyl (C=O) groups is 3. The van der Waals surface area contributed by atoms with Gasteiger partial charge in [-0.25, -0.2) is 15.0 Å². The number of imidazole rings is 1. The number of hydrogen-bond acceptors (Lipinski definition) is 12. The number of nitrogens with one attached hydrogen (secondary N) is 1. The number of phenols is 1. The fourth-order valence-electron chi connectivity index (χ4n) is 3.92. The van der Waals surface area contributed by atoms with Gasteiger partial charge in [0.1, 0.15) is 24.8 Å². The number of benzene rings is 1. The number of aromatic nitrogens is 4. The van der Waals surface area contributed by atoms with E-state index in [0.29, 0.717) is 5.69 Å². The van der Waals surface area contributed by atoms with Crippen LogP contribution < -0.4 is 5.32 Å². The Labute approximate surface area is 198 Å². The van der Waals surface area contributed by atoms with Gasteiger partial charge in [-0.15, -0.1) is 0 Å². The third-order valence-electron chi connectivity index (χ3n) is 5.48. The molecule has 0 bridgehead atoms. The lowest BCUT2D eigenvalue weighted by atomic mass is 9.89. The van der Waals surface area contributed by atoms with E-state index in [4.69, 9.17) is 14.2 Å². The highest BCUT2D eigenvalue weighted by atomic mass is 16.6. The zero-order chi connectivity index (χ0) is 25.3. The third kappa shape index (κ3) is 4.50. The fourth-order valence-corrected chi connectivity index (χ4v) is 3.92. The van der Waals surface area contributed by atoms with Crippen molar-refractivity contribution >= 4 is 40.4 Å². The maximum Gasteiger partial charge on any atom is 0.303 e. The van der Waals surface area contributed by atoms with Crippen LogP contribution in [0.25, 0.3) is 11.2 Å². The number of rotatable bonds is 7. The number of Topliss-reactive ketones (excluding diaryl/α,β-unsaturated/α-hetero) is 1. The van der Waals surface area contributed by atoms with Crippen LogP contribution in [0.1, 0.15) is 27.0 Å². The molecule has 184 valence electrons. The molecule has 3 heterocycles. The smallest absolute Gasteiger partial charge is 0.303 e. The van der Waals surface area contributed by atoms with Crippen LogP contribution in [-0.2, 0) is 28.6 Å². The minimum atomic E-state index is -2.34.